The molecule has 1 aromatic carbocycles. The molecule has 3 unspecified atom stereocenters. The summed E-state index contributed by atoms with van der Waals surface area (Å²) >= 11 is 0. The maximum Gasteiger partial charge on any atom is 0.306 e. The van der Waals surface area contributed by atoms with Gasteiger partial charge in [0, 0.05) is 5.92 Å². The van der Waals surface area contributed by atoms with Crippen LogP contribution in [0.1, 0.15) is 48.5 Å². The SMILES string of the molecule is Cc1ccc(C(O)C2CCCCC2C(=O)O)cc1C. The van der Waals surface area contributed by atoms with Crippen molar-refractivity contribution >= 4 is 5.97 Å². The summed E-state index contributed by atoms with van der Waals surface area (Å²) in [6.45, 7) is 4.05. The maximum absolute atomic E-state index is 11.3. The van der Waals surface area contributed by atoms with Gasteiger partial charge in [-0.05, 0) is 43.4 Å². The number of aliphatic hydroxyl groups excluding tert-OH is 1. The van der Waals surface area contributed by atoms with Crippen LogP contribution in [0.5, 0.6) is 0 Å². The molecule has 19 heavy (non-hydrogen) atoms. The average molecular weight is 262 g/mol. The molecule has 0 spiro atoms. The Kier molecular flexibility index (Phi) is 4.25. The molecule has 3 atom stereocenters. The lowest BCUT2D eigenvalue weighted by Gasteiger charge is -2.32. The first-order valence-electron chi connectivity index (χ1n) is 6.98. The zero-order chi connectivity index (χ0) is 14.0. The molecule has 1 fully saturated rings. The van der Waals surface area contributed by atoms with Gasteiger partial charge in [0.25, 0.3) is 0 Å². The first kappa shape index (κ1) is 14.1. The van der Waals surface area contributed by atoms with Crippen LogP contribution in [0.15, 0.2) is 18.2 Å². The Labute approximate surface area is 114 Å². The first-order chi connectivity index (χ1) is 9.00. The highest BCUT2D eigenvalue weighted by molar-refractivity contribution is 5.70. The van der Waals surface area contributed by atoms with E-state index in [1.54, 1.807) is 0 Å². The lowest BCUT2D eigenvalue weighted by molar-refractivity contribution is -0.147. The van der Waals surface area contributed by atoms with Gasteiger partial charge in [-0.3, -0.25) is 4.79 Å². The Bertz CT molecular complexity index is 467. The van der Waals surface area contributed by atoms with Crippen molar-refractivity contribution in [2.45, 2.75) is 45.6 Å². The quantitative estimate of drug-likeness (QED) is 0.879. The lowest BCUT2D eigenvalue weighted by Crippen LogP contribution is -2.31. The number of hydrogen-bond donors (Lipinski definition) is 2. The van der Waals surface area contributed by atoms with Gasteiger partial charge >= 0.3 is 5.97 Å². The number of aliphatic hydroxyl groups is 1. The molecule has 0 bridgehead atoms. The predicted molar refractivity (Wildman–Crippen MR) is 74.0 cm³/mol. The minimum absolute atomic E-state index is 0.159. The van der Waals surface area contributed by atoms with Crippen molar-refractivity contribution in [1.29, 1.82) is 0 Å². The van der Waals surface area contributed by atoms with E-state index in [1.165, 1.54) is 5.56 Å². The van der Waals surface area contributed by atoms with Crippen LogP contribution in [0.2, 0.25) is 0 Å². The van der Waals surface area contributed by atoms with Gasteiger partial charge in [0.15, 0.2) is 0 Å². The summed E-state index contributed by atoms with van der Waals surface area (Å²) in [6, 6.07) is 5.89. The van der Waals surface area contributed by atoms with Crippen molar-refractivity contribution in [1.82, 2.24) is 0 Å². The van der Waals surface area contributed by atoms with Crippen molar-refractivity contribution in [2.24, 2.45) is 11.8 Å². The van der Waals surface area contributed by atoms with Gasteiger partial charge in [0.1, 0.15) is 0 Å². The molecule has 0 aromatic heterocycles. The smallest absolute Gasteiger partial charge is 0.306 e. The Morgan fingerprint density at radius 1 is 1.21 bits per heavy atom. The van der Waals surface area contributed by atoms with Gasteiger partial charge < -0.3 is 10.2 Å². The van der Waals surface area contributed by atoms with E-state index in [-0.39, 0.29) is 5.92 Å². The Morgan fingerprint density at radius 3 is 2.53 bits per heavy atom. The Hall–Kier alpha value is -1.35. The third kappa shape index (κ3) is 2.98. The predicted octanol–water partition coefficient (Wildman–Crippen LogP) is 3.23. The molecule has 0 saturated heterocycles. The van der Waals surface area contributed by atoms with Crippen molar-refractivity contribution < 1.29 is 15.0 Å². The summed E-state index contributed by atoms with van der Waals surface area (Å²) in [5, 5.41) is 19.8. The number of aryl methyl sites for hydroxylation is 2. The molecule has 1 saturated carbocycles. The summed E-state index contributed by atoms with van der Waals surface area (Å²) in [4.78, 5) is 11.3. The fourth-order valence-corrected chi connectivity index (χ4v) is 3.04. The molecule has 3 nitrogen and oxygen atoms in total. The van der Waals surface area contributed by atoms with E-state index in [1.807, 2.05) is 32.0 Å². The van der Waals surface area contributed by atoms with Crippen molar-refractivity contribution in [3.8, 4) is 0 Å². The maximum atomic E-state index is 11.3. The minimum atomic E-state index is -0.771. The van der Waals surface area contributed by atoms with E-state index in [0.29, 0.717) is 6.42 Å². The van der Waals surface area contributed by atoms with Crippen LogP contribution in [0, 0.1) is 25.7 Å². The van der Waals surface area contributed by atoms with Gasteiger partial charge in [-0.2, -0.15) is 0 Å². The van der Waals surface area contributed by atoms with E-state index < -0.39 is 18.0 Å². The van der Waals surface area contributed by atoms with Crippen molar-refractivity contribution in [3.05, 3.63) is 34.9 Å². The second-order valence-corrected chi connectivity index (χ2v) is 5.68. The van der Waals surface area contributed by atoms with Gasteiger partial charge in [-0.1, -0.05) is 31.0 Å². The molecule has 0 aliphatic heterocycles. The number of carboxylic acid groups (broad SMARTS) is 1. The molecule has 1 aromatic rings. The molecule has 2 N–H and O–H groups in total. The van der Waals surface area contributed by atoms with E-state index in [0.717, 1.165) is 30.4 Å². The normalized spacial score (nSPS) is 25.0. The molecule has 3 heteroatoms. The summed E-state index contributed by atoms with van der Waals surface area (Å²) in [7, 11) is 0. The molecular formula is C16H22O3. The van der Waals surface area contributed by atoms with Crippen LogP contribution < -0.4 is 0 Å². The van der Waals surface area contributed by atoms with Crippen molar-refractivity contribution in [3.63, 3.8) is 0 Å². The molecule has 0 amide bonds. The highest BCUT2D eigenvalue weighted by atomic mass is 16.4. The van der Waals surface area contributed by atoms with Gasteiger partial charge in [0.05, 0.1) is 12.0 Å². The minimum Gasteiger partial charge on any atom is -0.481 e. The average Bonchev–Trinajstić information content (AvgIpc) is 2.41. The monoisotopic (exact) mass is 262 g/mol. The summed E-state index contributed by atoms with van der Waals surface area (Å²) in [6.07, 6.45) is 2.77. The fraction of sp³-hybridized carbons (Fsp3) is 0.562. The van der Waals surface area contributed by atoms with Gasteiger partial charge in [-0.25, -0.2) is 0 Å². The third-order valence-corrected chi connectivity index (χ3v) is 4.41. The number of carboxylic acids is 1. The number of rotatable bonds is 3. The fourth-order valence-electron chi connectivity index (χ4n) is 3.04. The molecule has 1 aliphatic carbocycles. The molecule has 1 aliphatic rings. The zero-order valence-corrected chi connectivity index (χ0v) is 11.6. The zero-order valence-electron chi connectivity index (χ0n) is 11.6. The van der Waals surface area contributed by atoms with Crippen LogP contribution in [-0.4, -0.2) is 16.2 Å². The Morgan fingerprint density at radius 2 is 1.89 bits per heavy atom. The van der Waals surface area contributed by atoms with Crippen LogP contribution >= 0.6 is 0 Å². The lowest BCUT2D eigenvalue weighted by atomic mass is 9.74. The molecule has 0 heterocycles. The van der Waals surface area contributed by atoms with Crippen molar-refractivity contribution in [2.75, 3.05) is 0 Å². The molecule has 0 radical (unpaired) electrons. The van der Waals surface area contributed by atoms with Crippen LogP contribution in [0.4, 0.5) is 0 Å². The highest BCUT2D eigenvalue weighted by Gasteiger charge is 2.36. The summed E-state index contributed by atoms with van der Waals surface area (Å²) in [5.41, 5.74) is 3.18. The second-order valence-electron chi connectivity index (χ2n) is 5.68. The van der Waals surface area contributed by atoms with Gasteiger partial charge in [-0.15, -0.1) is 0 Å². The Balaban J connectivity index is 2.23. The topological polar surface area (TPSA) is 57.5 Å². The summed E-state index contributed by atoms with van der Waals surface area (Å²) < 4.78 is 0. The molecular weight excluding hydrogens is 240 g/mol. The molecule has 2 rings (SSSR count). The number of aliphatic carboxylic acids is 1. The standard InChI is InChI=1S/C16H22O3/c1-10-7-8-12(9-11(10)2)15(17)13-5-3-4-6-14(13)16(18)19/h7-9,13-15,17H,3-6H2,1-2H3,(H,18,19). The van der Waals surface area contributed by atoms with E-state index >= 15 is 0 Å². The van der Waals surface area contributed by atoms with E-state index in [9.17, 15) is 15.0 Å². The van der Waals surface area contributed by atoms with Gasteiger partial charge in [0.2, 0.25) is 0 Å². The number of carbonyl (C=O) groups is 1. The number of benzene rings is 1. The number of hydrogen-bond acceptors (Lipinski definition) is 2. The van der Waals surface area contributed by atoms with Crippen LogP contribution in [-0.2, 0) is 4.79 Å². The van der Waals surface area contributed by atoms with Crippen LogP contribution in [0.25, 0.3) is 0 Å². The summed E-state index contributed by atoms with van der Waals surface area (Å²) in [5.74, 6) is -1.34. The van der Waals surface area contributed by atoms with E-state index in [2.05, 4.69) is 0 Å². The largest absolute Gasteiger partial charge is 0.481 e. The molecule has 104 valence electrons. The third-order valence-electron chi connectivity index (χ3n) is 4.41. The van der Waals surface area contributed by atoms with E-state index in [4.69, 9.17) is 0 Å². The van der Waals surface area contributed by atoms with Crippen LogP contribution in [0.3, 0.4) is 0 Å². The first-order valence-corrected chi connectivity index (χ1v) is 6.98. The second kappa shape index (κ2) is 5.74. The highest BCUT2D eigenvalue weighted by Crippen LogP contribution is 2.39.